The Morgan fingerprint density at radius 1 is 1.05 bits per heavy atom. The predicted molar refractivity (Wildman–Crippen MR) is 141 cm³/mol. The minimum Gasteiger partial charge on any atom is -0.508 e. The number of aryl methyl sites for hydroxylation is 2. The second kappa shape index (κ2) is 12.3. The molecule has 9 nitrogen and oxygen atoms in total. The summed E-state index contributed by atoms with van der Waals surface area (Å²) < 4.78 is 5.32. The van der Waals surface area contributed by atoms with Gasteiger partial charge in [0, 0.05) is 11.3 Å². The normalized spacial score (nSPS) is 12.7. The van der Waals surface area contributed by atoms with Crippen LogP contribution in [0.2, 0.25) is 0 Å². The SMILES string of the molecule is Cc1cccc(C)c1NC(=O)C(c1ccccc1O)N(CC#N)C(=O)C(NC(=O)OC(C)(C)C)C(C)C. The van der Waals surface area contributed by atoms with E-state index in [4.69, 9.17) is 4.74 Å². The zero-order chi connectivity index (χ0) is 27.9. The maximum absolute atomic E-state index is 13.8. The molecule has 0 aliphatic heterocycles. The van der Waals surface area contributed by atoms with E-state index in [0.717, 1.165) is 16.0 Å². The number of carbonyl (C=O) groups is 3. The summed E-state index contributed by atoms with van der Waals surface area (Å²) in [6.07, 6.45) is -0.796. The summed E-state index contributed by atoms with van der Waals surface area (Å²) in [5.41, 5.74) is 1.56. The lowest BCUT2D eigenvalue weighted by Crippen LogP contribution is -2.54. The largest absolute Gasteiger partial charge is 0.508 e. The summed E-state index contributed by atoms with van der Waals surface area (Å²) in [5.74, 6) is -1.87. The van der Waals surface area contributed by atoms with E-state index in [1.165, 1.54) is 12.1 Å². The molecule has 9 heteroatoms. The summed E-state index contributed by atoms with van der Waals surface area (Å²) >= 11 is 0. The van der Waals surface area contributed by atoms with Gasteiger partial charge in [0.1, 0.15) is 30.0 Å². The molecule has 0 saturated heterocycles. The Morgan fingerprint density at radius 3 is 2.16 bits per heavy atom. The smallest absolute Gasteiger partial charge is 0.408 e. The molecule has 0 saturated carbocycles. The van der Waals surface area contributed by atoms with E-state index < -0.39 is 48.1 Å². The minimum absolute atomic E-state index is 0.148. The van der Waals surface area contributed by atoms with Gasteiger partial charge in [-0.1, -0.05) is 50.2 Å². The highest BCUT2D eigenvalue weighted by molar-refractivity contribution is 6.00. The molecule has 2 atom stereocenters. The summed E-state index contributed by atoms with van der Waals surface area (Å²) in [6, 6.07) is 11.2. The lowest BCUT2D eigenvalue weighted by molar-refractivity contribution is -0.141. The standard InChI is InChI=1S/C28H36N4O5/c1-17(2)22(31-27(36)37-28(5,6)7)26(35)32(16-15-29)24(20-13-8-9-14-21(20)33)25(34)30-23-18(3)11-10-12-19(23)4/h8-14,17,22,24,33H,16H2,1-7H3,(H,30,34)(H,31,36). The summed E-state index contributed by atoms with van der Waals surface area (Å²) in [5, 5.41) is 25.7. The third-order valence-electron chi connectivity index (χ3n) is 5.65. The Bertz CT molecular complexity index is 1160. The molecule has 0 radical (unpaired) electrons. The molecule has 2 rings (SSSR count). The van der Waals surface area contributed by atoms with Crippen LogP contribution in [0.25, 0.3) is 0 Å². The van der Waals surface area contributed by atoms with Crippen LogP contribution in [0.3, 0.4) is 0 Å². The Kier molecular flexibility index (Phi) is 9.67. The van der Waals surface area contributed by atoms with E-state index in [1.807, 2.05) is 38.1 Å². The molecule has 0 spiro atoms. The molecule has 3 N–H and O–H groups in total. The van der Waals surface area contributed by atoms with Crippen LogP contribution in [0.4, 0.5) is 10.5 Å². The molecule has 0 heterocycles. The second-order valence-electron chi connectivity index (χ2n) is 10.2. The predicted octanol–water partition coefficient (Wildman–Crippen LogP) is 4.59. The molecule has 2 aromatic rings. The molecule has 3 amide bonds. The van der Waals surface area contributed by atoms with Crippen molar-refractivity contribution >= 4 is 23.6 Å². The first-order chi connectivity index (χ1) is 17.3. The van der Waals surface area contributed by atoms with Crippen LogP contribution >= 0.6 is 0 Å². The number of aromatic hydroxyl groups is 1. The van der Waals surface area contributed by atoms with Gasteiger partial charge in [-0.3, -0.25) is 9.59 Å². The zero-order valence-corrected chi connectivity index (χ0v) is 22.5. The van der Waals surface area contributed by atoms with E-state index >= 15 is 0 Å². The van der Waals surface area contributed by atoms with Crippen molar-refractivity contribution in [2.75, 3.05) is 11.9 Å². The van der Waals surface area contributed by atoms with E-state index in [0.29, 0.717) is 5.69 Å². The van der Waals surface area contributed by atoms with Crippen LogP contribution in [0.5, 0.6) is 5.75 Å². The second-order valence-corrected chi connectivity index (χ2v) is 10.2. The van der Waals surface area contributed by atoms with Gasteiger partial charge in [0.15, 0.2) is 0 Å². The van der Waals surface area contributed by atoms with E-state index in [-0.39, 0.29) is 11.3 Å². The fraction of sp³-hybridized carbons (Fsp3) is 0.429. The van der Waals surface area contributed by atoms with Crippen LogP contribution in [-0.2, 0) is 14.3 Å². The average molecular weight is 509 g/mol. The van der Waals surface area contributed by atoms with Crippen LogP contribution in [0.1, 0.15) is 57.4 Å². The molecule has 2 unspecified atom stereocenters. The number of alkyl carbamates (subject to hydrolysis) is 1. The van der Waals surface area contributed by atoms with Gasteiger partial charge in [0.2, 0.25) is 5.91 Å². The van der Waals surface area contributed by atoms with Gasteiger partial charge in [0.25, 0.3) is 5.91 Å². The lowest BCUT2D eigenvalue weighted by atomic mass is 9.98. The maximum atomic E-state index is 13.8. The Labute approximate surface area is 218 Å². The molecule has 37 heavy (non-hydrogen) atoms. The number of nitriles is 1. The summed E-state index contributed by atoms with van der Waals surface area (Å²) in [7, 11) is 0. The number of anilines is 1. The van der Waals surface area contributed by atoms with Gasteiger partial charge in [-0.2, -0.15) is 5.26 Å². The molecule has 0 aromatic heterocycles. The number of nitrogens with zero attached hydrogens (tertiary/aromatic N) is 2. The number of phenols is 1. The highest BCUT2D eigenvalue weighted by Gasteiger charge is 2.38. The fourth-order valence-electron chi connectivity index (χ4n) is 3.87. The van der Waals surface area contributed by atoms with Gasteiger partial charge in [0.05, 0.1) is 6.07 Å². The van der Waals surface area contributed by atoms with Crippen LogP contribution in [-0.4, -0.2) is 46.1 Å². The first kappa shape index (κ1) is 29.2. The van der Waals surface area contributed by atoms with Gasteiger partial charge in [-0.15, -0.1) is 0 Å². The van der Waals surface area contributed by atoms with Crippen molar-refractivity contribution in [2.24, 2.45) is 5.92 Å². The molecule has 2 aromatic carbocycles. The topological polar surface area (TPSA) is 132 Å². The third-order valence-corrected chi connectivity index (χ3v) is 5.65. The third kappa shape index (κ3) is 7.71. The van der Waals surface area contributed by atoms with Crippen molar-refractivity contribution in [3.8, 4) is 11.8 Å². The number of benzene rings is 2. The van der Waals surface area contributed by atoms with Crippen molar-refractivity contribution in [1.82, 2.24) is 10.2 Å². The van der Waals surface area contributed by atoms with Crippen molar-refractivity contribution in [3.63, 3.8) is 0 Å². The van der Waals surface area contributed by atoms with Gasteiger partial charge in [-0.05, 0) is 57.7 Å². The van der Waals surface area contributed by atoms with E-state index in [1.54, 1.807) is 46.8 Å². The average Bonchev–Trinajstić information content (AvgIpc) is 2.79. The summed E-state index contributed by atoms with van der Waals surface area (Å²) in [6.45, 7) is 11.8. The van der Waals surface area contributed by atoms with Crippen molar-refractivity contribution in [2.45, 2.75) is 66.2 Å². The first-order valence-corrected chi connectivity index (χ1v) is 12.1. The van der Waals surface area contributed by atoms with E-state index in [2.05, 4.69) is 10.6 Å². The van der Waals surface area contributed by atoms with Crippen molar-refractivity contribution < 1.29 is 24.2 Å². The Hall–Kier alpha value is -4.06. The van der Waals surface area contributed by atoms with Crippen LogP contribution in [0.15, 0.2) is 42.5 Å². The fourth-order valence-corrected chi connectivity index (χ4v) is 3.87. The van der Waals surface area contributed by atoms with E-state index in [9.17, 15) is 24.8 Å². The monoisotopic (exact) mass is 508 g/mol. The molecular weight excluding hydrogens is 472 g/mol. The number of amides is 3. The number of phenolic OH excluding ortho intramolecular Hbond substituents is 1. The van der Waals surface area contributed by atoms with Gasteiger partial charge in [-0.25, -0.2) is 4.79 Å². The molecule has 198 valence electrons. The highest BCUT2D eigenvalue weighted by atomic mass is 16.6. The van der Waals surface area contributed by atoms with Crippen molar-refractivity contribution in [3.05, 3.63) is 59.2 Å². The number of carbonyl (C=O) groups excluding carboxylic acids is 3. The molecule has 0 fully saturated rings. The molecule has 0 bridgehead atoms. The number of hydrogen-bond donors (Lipinski definition) is 3. The number of rotatable bonds is 8. The highest BCUT2D eigenvalue weighted by Crippen LogP contribution is 2.32. The number of nitrogens with one attached hydrogen (secondary N) is 2. The molecule has 0 aliphatic rings. The van der Waals surface area contributed by atoms with Gasteiger partial charge >= 0.3 is 6.09 Å². The van der Waals surface area contributed by atoms with Crippen LogP contribution in [0, 0.1) is 31.1 Å². The Morgan fingerprint density at radius 2 is 1.65 bits per heavy atom. The lowest BCUT2D eigenvalue weighted by Gasteiger charge is -2.34. The number of para-hydroxylation sites is 2. The van der Waals surface area contributed by atoms with Crippen LogP contribution < -0.4 is 10.6 Å². The number of hydrogen-bond acceptors (Lipinski definition) is 6. The number of ether oxygens (including phenoxy) is 1. The quantitative estimate of drug-likeness (QED) is 0.447. The first-order valence-electron chi connectivity index (χ1n) is 12.1. The molecular formula is C28H36N4O5. The minimum atomic E-state index is -1.35. The summed E-state index contributed by atoms with van der Waals surface area (Å²) in [4.78, 5) is 41.2. The molecule has 0 aliphatic carbocycles. The zero-order valence-electron chi connectivity index (χ0n) is 22.5. The van der Waals surface area contributed by atoms with Gasteiger partial charge < -0.3 is 25.4 Å². The Balaban J connectivity index is 2.55. The van der Waals surface area contributed by atoms with Crippen molar-refractivity contribution in [1.29, 1.82) is 5.26 Å². The maximum Gasteiger partial charge on any atom is 0.408 e.